The van der Waals surface area contributed by atoms with E-state index in [2.05, 4.69) is 0 Å². The molecule has 0 saturated heterocycles. The highest BCUT2D eigenvalue weighted by molar-refractivity contribution is 7.87. The predicted molar refractivity (Wildman–Crippen MR) is 140 cm³/mol. The van der Waals surface area contributed by atoms with Crippen molar-refractivity contribution in [1.82, 2.24) is 0 Å². The average Bonchev–Trinajstić information content (AvgIpc) is 3.15. The van der Waals surface area contributed by atoms with Crippen molar-refractivity contribution in [2.24, 2.45) is 28.6 Å². The van der Waals surface area contributed by atoms with Gasteiger partial charge >= 0.3 is 10.1 Å². The summed E-state index contributed by atoms with van der Waals surface area (Å²) in [5.74, 6) is -3.72. The lowest BCUT2D eigenvalue weighted by atomic mass is 9.46. The van der Waals surface area contributed by atoms with Crippen molar-refractivity contribution in [3.05, 3.63) is 59.4 Å². The molecule has 0 aliphatic heterocycles. The summed E-state index contributed by atoms with van der Waals surface area (Å²) in [6.07, 6.45) is 3.27. The fourth-order valence-corrected chi connectivity index (χ4v) is 9.18. The summed E-state index contributed by atoms with van der Waals surface area (Å²) in [5, 5.41) is 32.6. The molecule has 10 heteroatoms. The van der Waals surface area contributed by atoms with Crippen LogP contribution >= 0.6 is 0 Å². The fourth-order valence-electron chi connectivity index (χ4n) is 8.14. The molecular weight excluding hydrogens is 524 g/mol. The summed E-state index contributed by atoms with van der Waals surface area (Å²) in [4.78, 5) is 37.9. The smallest absolute Gasteiger partial charge is 0.316 e. The Morgan fingerprint density at radius 2 is 1.79 bits per heavy atom. The van der Waals surface area contributed by atoms with Crippen LogP contribution in [0.3, 0.4) is 0 Å². The number of ketones is 3. The normalized spacial score (nSPS) is 37.6. The van der Waals surface area contributed by atoms with Crippen LogP contribution in [-0.2, 0) is 23.9 Å². The number of fused-ring (bicyclic) bond motifs is 5. The van der Waals surface area contributed by atoms with Crippen LogP contribution in [0, 0.1) is 28.6 Å². The number of hydrogen-bond acceptors (Lipinski definition) is 9. The summed E-state index contributed by atoms with van der Waals surface area (Å²) >= 11 is 0. The molecule has 0 radical (unpaired) electrons. The van der Waals surface area contributed by atoms with Gasteiger partial charge in [0.15, 0.2) is 17.3 Å². The Hall–Kier alpha value is -2.66. The van der Waals surface area contributed by atoms with Gasteiger partial charge in [-0.2, -0.15) is 8.42 Å². The summed E-state index contributed by atoms with van der Waals surface area (Å²) in [5.41, 5.74) is -3.03. The molecule has 0 aromatic heterocycles. The highest BCUT2D eigenvalue weighted by Gasteiger charge is 2.69. The molecule has 4 aliphatic carbocycles. The van der Waals surface area contributed by atoms with E-state index >= 15 is 0 Å². The molecule has 0 amide bonds. The number of Topliss-reactive ketones (excluding diaryl/α,β-unsaturated/α-hetero) is 2. The highest BCUT2D eigenvalue weighted by Crippen LogP contribution is 2.68. The minimum absolute atomic E-state index is 0.0599. The van der Waals surface area contributed by atoms with Crippen LogP contribution in [0.25, 0.3) is 0 Å². The number of aliphatic hydroxyl groups excluding tert-OH is 2. The molecule has 9 nitrogen and oxygen atoms in total. The Balaban J connectivity index is 1.48. The zero-order valence-electron chi connectivity index (χ0n) is 22.0. The maximum absolute atomic E-state index is 13.1. The van der Waals surface area contributed by atoms with E-state index in [1.165, 1.54) is 18.2 Å². The van der Waals surface area contributed by atoms with Crippen LogP contribution in [0.2, 0.25) is 0 Å². The second-order valence-corrected chi connectivity index (χ2v) is 13.4. The van der Waals surface area contributed by atoms with Gasteiger partial charge in [0, 0.05) is 23.0 Å². The Bertz CT molecular complexity index is 1380. The third-order valence-electron chi connectivity index (χ3n) is 10.0. The minimum Gasteiger partial charge on any atom is -0.393 e. The van der Waals surface area contributed by atoms with Gasteiger partial charge in [-0.05, 0) is 56.9 Å². The van der Waals surface area contributed by atoms with Gasteiger partial charge in [0.1, 0.15) is 23.7 Å². The minimum atomic E-state index is -4.45. The van der Waals surface area contributed by atoms with E-state index in [9.17, 15) is 38.1 Å². The van der Waals surface area contributed by atoms with E-state index in [1.807, 2.05) is 0 Å². The molecule has 0 spiro atoms. The van der Waals surface area contributed by atoms with Gasteiger partial charge in [-0.25, -0.2) is 0 Å². The van der Waals surface area contributed by atoms with Crippen molar-refractivity contribution < 1.29 is 42.3 Å². The van der Waals surface area contributed by atoms with Gasteiger partial charge < -0.3 is 19.5 Å². The number of carbonyl (C=O) groups is 3. The zero-order chi connectivity index (χ0) is 28.4. The molecule has 3 fully saturated rings. The maximum Gasteiger partial charge on any atom is 0.316 e. The average molecular weight is 559 g/mol. The summed E-state index contributed by atoms with van der Waals surface area (Å²) in [6, 6.07) is 7.98. The van der Waals surface area contributed by atoms with Crippen molar-refractivity contribution in [2.75, 3.05) is 12.4 Å². The fraction of sp³-hybridized carbons (Fsp3) is 0.552. The molecule has 3 saturated carbocycles. The van der Waals surface area contributed by atoms with Crippen LogP contribution in [0.15, 0.2) is 53.8 Å². The Labute approximate surface area is 227 Å². The molecule has 1 aromatic carbocycles. The lowest BCUT2D eigenvalue weighted by Gasteiger charge is -2.60. The van der Waals surface area contributed by atoms with Gasteiger partial charge in [-0.1, -0.05) is 42.8 Å². The van der Waals surface area contributed by atoms with E-state index in [0.29, 0.717) is 24.8 Å². The molecule has 1 aromatic rings. The van der Waals surface area contributed by atoms with Crippen molar-refractivity contribution in [3.8, 4) is 0 Å². The highest BCUT2D eigenvalue weighted by atomic mass is 32.2. The third-order valence-corrected chi connectivity index (χ3v) is 11.1. The van der Waals surface area contributed by atoms with Crippen molar-refractivity contribution in [2.45, 2.75) is 57.7 Å². The van der Waals surface area contributed by atoms with Crippen LogP contribution in [0.5, 0.6) is 0 Å². The van der Waals surface area contributed by atoms with Gasteiger partial charge in [0.2, 0.25) is 0 Å². The van der Waals surface area contributed by atoms with E-state index in [4.69, 9.17) is 4.18 Å². The number of carbonyl (C=O) groups excluding carboxylic acids is 3. The number of rotatable bonds is 7. The van der Waals surface area contributed by atoms with E-state index in [-0.39, 0.29) is 36.0 Å². The lowest BCUT2D eigenvalue weighted by molar-refractivity contribution is -0.180. The van der Waals surface area contributed by atoms with Crippen molar-refractivity contribution >= 4 is 27.5 Å². The summed E-state index contributed by atoms with van der Waals surface area (Å²) in [6.45, 7) is 2.74. The Kier molecular flexibility index (Phi) is 6.77. The number of aliphatic hydroxyl groups is 3. The lowest BCUT2D eigenvalue weighted by Crippen LogP contribution is -2.62. The molecule has 4 aliphatic rings. The first kappa shape index (κ1) is 27.9. The van der Waals surface area contributed by atoms with Gasteiger partial charge in [-0.3, -0.25) is 14.4 Å². The molecule has 0 heterocycles. The SMILES string of the molecule is C[C@@]12C(=CC(=O)C=C1OS(=O)(=O)CC(=O)c1ccccc1)CC[C@@H]1[C@@H]2[C@@H](O)C[C@@]2(C)[C@H]1CC[C@]2(O)C(=O)CO. The Morgan fingerprint density at radius 3 is 2.46 bits per heavy atom. The second-order valence-electron chi connectivity index (χ2n) is 11.9. The van der Waals surface area contributed by atoms with Crippen LogP contribution in [0.4, 0.5) is 0 Å². The number of allylic oxidation sites excluding steroid dienone is 3. The summed E-state index contributed by atoms with van der Waals surface area (Å²) in [7, 11) is -4.45. The first-order chi connectivity index (χ1) is 18.3. The topological polar surface area (TPSA) is 155 Å². The standard InChI is InChI=1S/C29H34O9S/c1-27-14-22(32)26-20(21(27)10-11-29(27,35)24(34)15-30)9-8-18-12-19(31)13-25(28(18,26)2)38-39(36,37)16-23(33)17-6-4-3-5-7-17/h3-7,12-13,20-22,26,30,32,35H,8-11,14-16H2,1-2H3/t20-,21-,22-,26+,27-,28+,29-/m0/s1. The van der Waals surface area contributed by atoms with Crippen LogP contribution in [-0.4, -0.2) is 65.2 Å². The summed E-state index contributed by atoms with van der Waals surface area (Å²) < 4.78 is 31.8. The molecule has 0 unspecified atom stereocenters. The monoisotopic (exact) mass is 558 g/mol. The maximum atomic E-state index is 13.1. The molecule has 210 valence electrons. The predicted octanol–water partition coefficient (Wildman–Crippen LogP) is 2.11. The molecular formula is C29H34O9S. The first-order valence-electron chi connectivity index (χ1n) is 13.3. The van der Waals surface area contributed by atoms with Gasteiger partial charge in [0.25, 0.3) is 0 Å². The van der Waals surface area contributed by atoms with Gasteiger partial charge in [-0.15, -0.1) is 0 Å². The number of benzene rings is 1. The largest absolute Gasteiger partial charge is 0.393 e. The molecule has 7 atom stereocenters. The third kappa shape index (κ3) is 4.23. The van der Waals surface area contributed by atoms with Crippen LogP contribution < -0.4 is 0 Å². The number of hydrogen-bond donors (Lipinski definition) is 3. The molecule has 39 heavy (non-hydrogen) atoms. The van der Waals surface area contributed by atoms with Crippen molar-refractivity contribution in [1.29, 1.82) is 0 Å². The van der Waals surface area contributed by atoms with Crippen molar-refractivity contribution in [3.63, 3.8) is 0 Å². The quantitative estimate of drug-likeness (QED) is 0.337. The van der Waals surface area contributed by atoms with Crippen LogP contribution in [0.1, 0.15) is 56.3 Å². The van der Waals surface area contributed by atoms with Gasteiger partial charge in [0.05, 0.1) is 11.5 Å². The van der Waals surface area contributed by atoms with E-state index in [0.717, 1.165) is 6.08 Å². The Morgan fingerprint density at radius 1 is 1.10 bits per heavy atom. The molecule has 0 bridgehead atoms. The molecule has 3 N–H and O–H groups in total. The second kappa shape index (κ2) is 9.47. The molecule has 5 rings (SSSR count). The first-order valence-corrected chi connectivity index (χ1v) is 14.9. The zero-order valence-corrected chi connectivity index (χ0v) is 22.8. The van der Waals surface area contributed by atoms with E-state index < -0.39 is 68.3 Å². The van der Waals surface area contributed by atoms with E-state index in [1.54, 1.807) is 32.0 Å².